The number of nitrogens with zero attached hydrogens (tertiary/aromatic N) is 4. The molecule has 1 unspecified atom stereocenters. The number of carbonyl (C=O) groups is 3. The van der Waals surface area contributed by atoms with Crippen LogP contribution in [0.4, 0.5) is 5.82 Å². The number of ether oxygens (including phenoxy) is 6. The van der Waals surface area contributed by atoms with Gasteiger partial charge in [-0.2, -0.15) is 10.2 Å². The Morgan fingerprint density at radius 2 is 1.44 bits per heavy atom. The third kappa shape index (κ3) is 14.0. The molecule has 3 aromatic carbocycles. The van der Waals surface area contributed by atoms with Crippen molar-refractivity contribution in [2.24, 2.45) is 5.92 Å². The lowest BCUT2D eigenvalue weighted by Gasteiger charge is -2.39. The van der Waals surface area contributed by atoms with Crippen molar-refractivity contribution in [1.82, 2.24) is 14.2 Å². The van der Waals surface area contributed by atoms with E-state index in [0.29, 0.717) is 11.5 Å². The van der Waals surface area contributed by atoms with Crippen molar-refractivity contribution in [1.29, 1.82) is 5.26 Å². The molecule has 362 valence electrons. The topological polar surface area (TPSA) is 199 Å². The Balaban J connectivity index is 1.65. The highest BCUT2D eigenvalue weighted by Gasteiger charge is 2.45. The van der Waals surface area contributed by atoms with Crippen molar-refractivity contribution < 1.29 is 51.9 Å². The SMILES string of the molecule is COc1ccc(C(OC[C@H]2O[C@@H](n3cc(C#CC(COC(C)=O)COC(C)=O)c(NC(C)=O)nc3=O)C[C@H]2OP(OCCC#N)N(C(C)C)C(C)C)(c2ccccc2)c2ccc(OC)cc2)cc1. The van der Waals surface area contributed by atoms with Gasteiger partial charge in [0.2, 0.25) is 5.91 Å². The first-order valence-corrected chi connectivity index (χ1v) is 23.3. The van der Waals surface area contributed by atoms with Crippen molar-refractivity contribution in [2.45, 2.75) is 97.4 Å². The lowest BCUT2D eigenvalue weighted by Crippen LogP contribution is -2.39. The van der Waals surface area contributed by atoms with E-state index in [4.69, 9.17) is 37.5 Å². The van der Waals surface area contributed by atoms with E-state index >= 15 is 0 Å². The van der Waals surface area contributed by atoms with Crippen LogP contribution in [-0.2, 0) is 48.0 Å². The maximum atomic E-state index is 14.0. The summed E-state index contributed by atoms with van der Waals surface area (Å²) < 4.78 is 52.3. The van der Waals surface area contributed by atoms with E-state index in [0.717, 1.165) is 16.7 Å². The van der Waals surface area contributed by atoms with Crippen LogP contribution in [0.1, 0.15) is 89.8 Å². The zero-order chi connectivity index (χ0) is 49.4. The van der Waals surface area contributed by atoms with Gasteiger partial charge in [-0.05, 0) is 68.7 Å². The normalized spacial score (nSPS) is 16.2. The van der Waals surface area contributed by atoms with Gasteiger partial charge in [0.25, 0.3) is 8.53 Å². The lowest BCUT2D eigenvalue weighted by molar-refractivity contribution is -0.145. The molecule has 4 atom stereocenters. The monoisotopic (exact) mass is 953 g/mol. The van der Waals surface area contributed by atoms with Crippen molar-refractivity contribution in [3.8, 4) is 29.4 Å². The minimum atomic E-state index is -1.81. The van der Waals surface area contributed by atoms with E-state index in [1.165, 1.54) is 31.5 Å². The van der Waals surface area contributed by atoms with Crippen LogP contribution in [0.2, 0.25) is 0 Å². The van der Waals surface area contributed by atoms with Crippen molar-refractivity contribution in [3.63, 3.8) is 0 Å². The Morgan fingerprint density at radius 3 is 1.94 bits per heavy atom. The highest BCUT2D eigenvalue weighted by molar-refractivity contribution is 7.44. The van der Waals surface area contributed by atoms with Gasteiger partial charge in [-0.1, -0.05) is 66.4 Å². The molecule has 1 N–H and O–H groups in total. The quantitative estimate of drug-likeness (QED) is 0.0271. The average Bonchev–Trinajstić information content (AvgIpc) is 3.71. The third-order valence-electron chi connectivity index (χ3n) is 10.6. The Morgan fingerprint density at radius 1 is 0.882 bits per heavy atom. The summed E-state index contributed by atoms with van der Waals surface area (Å²) in [5.41, 5.74) is 0.520. The van der Waals surface area contributed by atoms with Crippen LogP contribution < -0.4 is 20.5 Å². The fourth-order valence-corrected chi connectivity index (χ4v) is 9.36. The van der Waals surface area contributed by atoms with Crippen molar-refractivity contribution in [2.75, 3.05) is 46.0 Å². The molecule has 1 aliphatic rings. The maximum Gasteiger partial charge on any atom is 0.351 e. The van der Waals surface area contributed by atoms with Gasteiger partial charge in [-0.3, -0.25) is 19.0 Å². The zero-order valence-corrected chi connectivity index (χ0v) is 40.8. The second kappa shape index (κ2) is 25.3. The first kappa shape index (κ1) is 52.8. The number of amides is 1. The molecule has 0 bridgehead atoms. The number of carbonyl (C=O) groups excluding carboxylic acids is 3. The number of nitrogens with one attached hydrogen (secondary N) is 1. The first-order valence-electron chi connectivity index (χ1n) is 22.2. The highest BCUT2D eigenvalue weighted by Crippen LogP contribution is 2.51. The predicted molar refractivity (Wildman–Crippen MR) is 253 cm³/mol. The summed E-state index contributed by atoms with van der Waals surface area (Å²) >= 11 is 0. The van der Waals surface area contributed by atoms with E-state index in [1.54, 1.807) is 14.2 Å². The van der Waals surface area contributed by atoms with Crippen LogP contribution in [0, 0.1) is 29.1 Å². The molecule has 1 aromatic heterocycles. The molecule has 2 heterocycles. The van der Waals surface area contributed by atoms with Crippen LogP contribution >= 0.6 is 8.53 Å². The molecule has 0 aliphatic carbocycles. The molecule has 17 nitrogen and oxygen atoms in total. The summed E-state index contributed by atoms with van der Waals surface area (Å²) in [5.74, 6) is 4.72. The standard InChI is InChI=1S/C50H60N5O12P/c1-33(2)55(34(3)4)68(65-27-13-26-51)67-45-28-47(54-29-39(48(52-35(5)56)53-49(54)59)17-16-38(30-62-36(6)57)31-63-37(7)58)66-46(45)32-64-50(40-14-11-10-12-15-40,41-18-22-43(60-8)23-19-41)42-20-24-44(61-9)25-21-42/h10-12,14-15,18-25,29,33-34,38,45-47H,13,27-28,30-32H2,1-9H3,(H,52,53,56,59)/t45-,46-,47-,68?/m1/s1. The van der Waals surface area contributed by atoms with E-state index in [-0.39, 0.29) is 62.7 Å². The number of hydrogen-bond donors (Lipinski definition) is 1. The molecule has 18 heteroatoms. The van der Waals surface area contributed by atoms with E-state index in [9.17, 15) is 24.4 Å². The number of aromatic nitrogens is 2. The highest BCUT2D eigenvalue weighted by atomic mass is 31.2. The third-order valence-corrected chi connectivity index (χ3v) is 12.8. The van der Waals surface area contributed by atoms with Crippen LogP contribution in [0.15, 0.2) is 89.9 Å². The van der Waals surface area contributed by atoms with Gasteiger partial charge in [0, 0.05) is 45.5 Å². The number of anilines is 1. The summed E-state index contributed by atoms with van der Waals surface area (Å²) in [4.78, 5) is 54.0. The number of benzene rings is 3. The summed E-state index contributed by atoms with van der Waals surface area (Å²) in [7, 11) is 1.40. The molecule has 1 aliphatic heterocycles. The fraction of sp³-hybridized carbons (Fsp3) is 0.440. The summed E-state index contributed by atoms with van der Waals surface area (Å²) in [6.45, 7) is 11.6. The molecule has 0 spiro atoms. The molecular formula is C50H60N5O12P. The molecule has 0 saturated carbocycles. The van der Waals surface area contributed by atoms with Gasteiger partial charge in [0.1, 0.15) is 42.6 Å². The second-order valence-corrected chi connectivity index (χ2v) is 17.7. The van der Waals surface area contributed by atoms with Gasteiger partial charge in [-0.15, -0.1) is 0 Å². The van der Waals surface area contributed by atoms with E-state index in [1.807, 2.05) is 107 Å². The molecule has 1 fully saturated rings. The van der Waals surface area contributed by atoms with Crippen LogP contribution in [0.5, 0.6) is 11.5 Å². The number of hydrogen-bond acceptors (Lipinski definition) is 15. The van der Waals surface area contributed by atoms with Crippen LogP contribution in [0.3, 0.4) is 0 Å². The molecule has 0 radical (unpaired) electrons. The van der Waals surface area contributed by atoms with Gasteiger partial charge in [-0.25, -0.2) is 9.46 Å². The van der Waals surface area contributed by atoms with Gasteiger partial charge >= 0.3 is 17.6 Å². The second-order valence-electron chi connectivity index (χ2n) is 16.3. The fourth-order valence-electron chi connectivity index (χ4n) is 7.60. The summed E-state index contributed by atoms with van der Waals surface area (Å²) in [6.07, 6.45) is -0.941. The number of methoxy groups -OCH3 is 2. The Hall–Kier alpha value is -6.17. The molecule has 1 amide bonds. The van der Waals surface area contributed by atoms with Gasteiger partial charge < -0.3 is 42.8 Å². The maximum absolute atomic E-state index is 14.0. The molecule has 1 saturated heterocycles. The molecule has 4 aromatic rings. The van der Waals surface area contributed by atoms with E-state index < -0.39 is 62.0 Å². The van der Waals surface area contributed by atoms with Crippen LogP contribution in [-0.4, -0.2) is 97.0 Å². The van der Waals surface area contributed by atoms with Crippen LogP contribution in [0.25, 0.3) is 0 Å². The first-order chi connectivity index (χ1) is 32.6. The average molecular weight is 954 g/mol. The predicted octanol–water partition coefficient (Wildman–Crippen LogP) is 7.27. The smallest absolute Gasteiger partial charge is 0.351 e. The summed E-state index contributed by atoms with van der Waals surface area (Å²) in [5, 5.41) is 12.0. The minimum absolute atomic E-state index is 0.0216. The molecular weight excluding hydrogens is 894 g/mol. The molecule has 68 heavy (non-hydrogen) atoms. The minimum Gasteiger partial charge on any atom is -0.497 e. The van der Waals surface area contributed by atoms with E-state index in [2.05, 4.69) is 32.9 Å². The number of nitriles is 1. The van der Waals surface area contributed by atoms with Gasteiger partial charge in [0.15, 0.2) is 5.82 Å². The van der Waals surface area contributed by atoms with Crippen molar-refractivity contribution in [3.05, 3.63) is 118 Å². The number of rotatable bonds is 22. The largest absolute Gasteiger partial charge is 0.497 e. The Labute approximate surface area is 398 Å². The molecule has 5 rings (SSSR count). The van der Waals surface area contributed by atoms with Gasteiger partial charge in [0.05, 0.1) is 57.5 Å². The lowest BCUT2D eigenvalue weighted by atomic mass is 9.80. The Kier molecular flexibility index (Phi) is 19.6. The van der Waals surface area contributed by atoms with Crippen molar-refractivity contribution >= 4 is 32.2 Å². The zero-order valence-electron chi connectivity index (χ0n) is 39.9. The number of esters is 2. The Bertz CT molecular complexity index is 2390. The summed E-state index contributed by atoms with van der Waals surface area (Å²) in [6, 6.07) is 27.1.